The smallest absolute Gasteiger partial charge is 0.0599 e. The summed E-state index contributed by atoms with van der Waals surface area (Å²) in [5.74, 6) is 1.69. The number of fused-ring (bicyclic) bond motifs is 1. The largest absolute Gasteiger partial charge is 0.289 e. The molecule has 1 fully saturated rings. The van der Waals surface area contributed by atoms with E-state index >= 15 is 0 Å². The Hall–Kier alpha value is -0.590. The highest BCUT2D eigenvalue weighted by molar-refractivity contribution is 5.90. The predicted octanol–water partition coefficient (Wildman–Crippen LogP) is 4.77. The molecule has 1 nitrogen and oxygen atoms in total. The van der Waals surface area contributed by atoms with Crippen LogP contribution >= 0.6 is 0 Å². The number of allylic oxidation sites excluding steroid dienone is 1. The van der Waals surface area contributed by atoms with E-state index in [0.29, 0.717) is 5.92 Å². The van der Waals surface area contributed by atoms with Gasteiger partial charge in [-0.15, -0.1) is 0 Å². The summed E-state index contributed by atoms with van der Waals surface area (Å²) in [5.41, 5.74) is 4.82. The SMILES string of the molecule is CCC1=NCC(C)=C2CCC(CC)CCCC12. The van der Waals surface area contributed by atoms with Crippen LogP contribution in [0.1, 0.15) is 65.7 Å². The lowest BCUT2D eigenvalue weighted by Gasteiger charge is -2.31. The summed E-state index contributed by atoms with van der Waals surface area (Å²) in [5, 5.41) is 0. The molecule has 2 atom stereocenters. The quantitative estimate of drug-likeness (QED) is 0.609. The van der Waals surface area contributed by atoms with Gasteiger partial charge in [-0.25, -0.2) is 0 Å². The fraction of sp³-hybridized carbons (Fsp3) is 0.812. The summed E-state index contributed by atoms with van der Waals surface area (Å²) in [6, 6.07) is 0. The number of hydrogen-bond donors (Lipinski definition) is 0. The van der Waals surface area contributed by atoms with Crippen molar-refractivity contribution in [2.75, 3.05) is 6.54 Å². The molecule has 2 rings (SSSR count). The summed E-state index contributed by atoms with van der Waals surface area (Å²) in [7, 11) is 0. The van der Waals surface area contributed by atoms with E-state index in [4.69, 9.17) is 4.99 Å². The van der Waals surface area contributed by atoms with Crippen molar-refractivity contribution < 1.29 is 0 Å². The average Bonchev–Trinajstić information content (AvgIpc) is 2.31. The number of rotatable bonds is 2. The summed E-state index contributed by atoms with van der Waals surface area (Å²) in [6.07, 6.45) is 9.47. The van der Waals surface area contributed by atoms with Gasteiger partial charge in [0.2, 0.25) is 0 Å². The van der Waals surface area contributed by atoms with Crippen molar-refractivity contribution in [3.05, 3.63) is 11.1 Å². The van der Waals surface area contributed by atoms with Gasteiger partial charge in [0.25, 0.3) is 0 Å². The molecule has 1 aliphatic heterocycles. The molecule has 17 heavy (non-hydrogen) atoms. The number of nitrogens with zero attached hydrogens (tertiary/aromatic N) is 1. The van der Waals surface area contributed by atoms with E-state index in [9.17, 15) is 0 Å². The first kappa shape index (κ1) is 12.9. The Balaban J connectivity index is 2.14. The second-order valence-corrected chi connectivity index (χ2v) is 5.76. The standard InChI is InChI=1S/C16H27N/c1-4-13-7-6-8-15-14(10-9-13)12(3)11-17-16(15)5-2/h13,15H,4-11H2,1-3H3. The highest BCUT2D eigenvalue weighted by Crippen LogP contribution is 2.36. The van der Waals surface area contributed by atoms with Crippen molar-refractivity contribution in [1.29, 1.82) is 0 Å². The van der Waals surface area contributed by atoms with Crippen molar-refractivity contribution in [3.63, 3.8) is 0 Å². The van der Waals surface area contributed by atoms with Gasteiger partial charge in [0.05, 0.1) is 6.54 Å². The monoisotopic (exact) mass is 233 g/mol. The maximum absolute atomic E-state index is 4.78. The molecule has 1 aliphatic carbocycles. The predicted molar refractivity (Wildman–Crippen MR) is 75.6 cm³/mol. The summed E-state index contributed by atoms with van der Waals surface area (Å²) in [6.45, 7) is 7.90. The van der Waals surface area contributed by atoms with Gasteiger partial charge in [-0.1, -0.05) is 44.3 Å². The van der Waals surface area contributed by atoms with Crippen LogP contribution in [-0.4, -0.2) is 12.3 Å². The van der Waals surface area contributed by atoms with Crippen molar-refractivity contribution in [1.82, 2.24) is 0 Å². The van der Waals surface area contributed by atoms with E-state index in [0.717, 1.165) is 18.9 Å². The third kappa shape index (κ3) is 2.81. The Bertz CT molecular complexity index is 324. The third-order valence-corrected chi connectivity index (χ3v) is 4.76. The first-order valence-electron chi connectivity index (χ1n) is 7.48. The second-order valence-electron chi connectivity index (χ2n) is 5.76. The second kappa shape index (κ2) is 5.84. The molecule has 0 spiro atoms. The normalized spacial score (nSPS) is 30.4. The Morgan fingerprint density at radius 2 is 2.00 bits per heavy atom. The van der Waals surface area contributed by atoms with E-state index in [1.54, 1.807) is 11.1 Å². The number of aliphatic imine (C=N–C) groups is 1. The van der Waals surface area contributed by atoms with Crippen LogP contribution in [0.3, 0.4) is 0 Å². The highest BCUT2D eigenvalue weighted by atomic mass is 14.8. The molecule has 1 heterocycles. The van der Waals surface area contributed by atoms with Crippen LogP contribution in [-0.2, 0) is 0 Å². The van der Waals surface area contributed by atoms with Gasteiger partial charge in [0.1, 0.15) is 0 Å². The number of hydrogen-bond acceptors (Lipinski definition) is 1. The van der Waals surface area contributed by atoms with Gasteiger partial charge in [0.15, 0.2) is 0 Å². The van der Waals surface area contributed by atoms with Gasteiger partial charge in [0, 0.05) is 11.6 Å². The van der Waals surface area contributed by atoms with Gasteiger partial charge in [-0.2, -0.15) is 0 Å². The first-order valence-corrected chi connectivity index (χ1v) is 7.48. The maximum Gasteiger partial charge on any atom is 0.0599 e. The topological polar surface area (TPSA) is 12.4 Å². The molecule has 0 N–H and O–H groups in total. The Morgan fingerprint density at radius 3 is 2.71 bits per heavy atom. The van der Waals surface area contributed by atoms with Crippen molar-refractivity contribution >= 4 is 5.71 Å². The zero-order valence-electron chi connectivity index (χ0n) is 11.8. The molecule has 1 heteroatoms. The van der Waals surface area contributed by atoms with Gasteiger partial charge in [-0.05, 0) is 38.5 Å². The van der Waals surface area contributed by atoms with Gasteiger partial charge in [-0.3, -0.25) is 4.99 Å². The minimum absolute atomic E-state index is 0.714. The molecule has 1 saturated carbocycles. The lowest BCUT2D eigenvalue weighted by atomic mass is 9.76. The van der Waals surface area contributed by atoms with Crippen molar-refractivity contribution in [2.24, 2.45) is 16.8 Å². The zero-order chi connectivity index (χ0) is 12.3. The minimum Gasteiger partial charge on any atom is -0.289 e. The third-order valence-electron chi connectivity index (χ3n) is 4.76. The molecule has 0 aromatic rings. The molecular weight excluding hydrogens is 206 g/mol. The van der Waals surface area contributed by atoms with Crippen LogP contribution in [0.2, 0.25) is 0 Å². The molecule has 2 aliphatic rings. The molecule has 0 aromatic heterocycles. The molecule has 0 bridgehead atoms. The van der Waals surface area contributed by atoms with Crippen LogP contribution in [0, 0.1) is 11.8 Å². The number of dihydropyridines is 1. The van der Waals surface area contributed by atoms with Crippen LogP contribution in [0.5, 0.6) is 0 Å². The molecular formula is C16H27N. The molecule has 2 unspecified atom stereocenters. The van der Waals surface area contributed by atoms with Crippen LogP contribution < -0.4 is 0 Å². The Morgan fingerprint density at radius 1 is 1.18 bits per heavy atom. The summed E-state index contributed by atoms with van der Waals surface area (Å²) in [4.78, 5) is 4.78. The van der Waals surface area contributed by atoms with Crippen LogP contribution in [0.4, 0.5) is 0 Å². The van der Waals surface area contributed by atoms with E-state index in [1.807, 2.05) is 0 Å². The molecule has 96 valence electrons. The highest BCUT2D eigenvalue weighted by Gasteiger charge is 2.26. The maximum atomic E-state index is 4.78. The average molecular weight is 233 g/mol. The first-order chi connectivity index (χ1) is 8.26. The van der Waals surface area contributed by atoms with E-state index in [2.05, 4.69) is 20.8 Å². The fourth-order valence-corrected chi connectivity index (χ4v) is 3.54. The summed E-state index contributed by atoms with van der Waals surface area (Å²) >= 11 is 0. The Kier molecular flexibility index (Phi) is 4.42. The Labute approximate surface area is 106 Å². The van der Waals surface area contributed by atoms with Crippen LogP contribution in [0.25, 0.3) is 0 Å². The molecule has 0 amide bonds. The molecule has 0 aromatic carbocycles. The van der Waals surface area contributed by atoms with E-state index in [-0.39, 0.29) is 0 Å². The fourth-order valence-electron chi connectivity index (χ4n) is 3.54. The minimum atomic E-state index is 0.714. The summed E-state index contributed by atoms with van der Waals surface area (Å²) < 4.78 is 0. The van der Waals surface area contributed by atoms with Gasteiger partial charge >= 0.3 is 0 Å². The lowest BCUT2D eigenvalue weighted by Crippen LogP contribution is -2.24. The molecule has 0 radical (unpaired) electrons. The van der Waals surface area contributed by atoms with E-state index < -0.39 is 0 Å². The van der Waals surface area contributed by atoms with Gasteiger partial charge < -0.3 is 0 Å². The van der Waals surface area contributed by atoms with Crippen molar-refractivity contribution in [2.45, 2.75) is 65.7 Å². The van der Waals surface area contributed by atoms with E-state index in [1.165, 1.54) is 44.2 Å². The van der Waals surface area contributed by atoms with Crippen molar-refractivity contribution in [3.8, 4) is 0 Å². The zero-order valence-corrected chi connectivity index (χ0v) is 11.8. The van der Waals surface area contributed by atoms with Crippen LogP contribution in [0.15, 0.2) is 16.1 Å². The lowest BCUT2D eigenvalue weighted by molar-refractivity contribution is 0.381. The molecule has 0 saturated heterocycles.